The minimum absolute atomic E-state index is 0.0512. The topological polar surface area (TPSA) is 134 Å². The summed E-state index contributed by atoms with van der Waals surface area (Å²) in [6.07, 6.45) is 75.3. The third kappa shape index (κ3) is 58.6. The van der Waals surface area contributed by atoms with Crippen LogP contribution in [0.2, 0.25) is 0 Å². The number of phosphoric ester groups is 1. The van der Waals surface area contributed by atoms with Gasteiger partial charge in [0.05, 0.1) is 13.2 Å². The van der Waals surface area contributed by atoms with Gasteiger partial charge in [-0.3, -0.25) is 18.6 Å². The average molecular weight is 1040 g/mol. The Morgan fingerprint density at radius 3 is 1.14 bits per heavy atom. The zero-order chi connectivity index (χ0) is 53.1. The molecule has 0 fully saturated rings. The molecule has 0 aromatic carbocycles. The third-order valence-electron chi connectivity index (χ3n) is 13.1. The molecule has 2 atom stereocenters. The molecule has 424 valence electrons. The fourth-order valence-electron chi connectivity index (χ4n) is 8.60. The molecule has 73 heavy (non-hydrogen) atoms. The van der Waals surface area contributed by atoms with Gasteiger partial charge in [0.2, 0.25) is 0 Å². The van der Waals surface area contributed by atoms with Gasteiger partial charge in [0.15, 0.2) is 6.10 Å². The van der Waals surface area contributed by atoms with Crippen LogP contribution < -0.4 is 5.73 Å². The van der Waals surface area contributed by atoms with Gasteiger partial charge in [-0.25, -0.2) is 4.57 Å². The zero-order valence-corrected chi connectivity index (χ0v) is 48.3. The lowest BCUT2D eigenvalue weighted by Crippen LogP contribution is -2.29. The minimum atomic E-state index is -4.39. The van der Waals surface area contributed by atoms with Crippen molar-refractivity contribution in [3.05, 3.63) is 72.9 Å². The highest BCUT2D eigenvalue weighted by Crippen LogP contribution is 2.43. The molecule has 0 aliphatic rings. The highest BCUT2D eigenvalue weighted by Gasteiger charge is 2.26. The molecule has 0 rings (SSSR count). The number of esters is 2. The largest absolute Gasteiger partial charge is 0.472 e. The number of hydrogen-bond donors (Lipinski definition) is 2. The van der Waals surface area contributed by atoms with E-state index in [0.29, 0.717) is 6.42 Å². The number of rotatable bonds is 57. The van der Waals surface area contributed by atoms with Crippen LogP contribution in [-0.4, -0.2) is 49.3 Å². The minimum Gasteiger partial charge on any atom is -0.462 e. The Labute approximate surface area is 450 Å². The van der Waals surface area contributed by atoms with Crippen molar-refractivity contribution in [2.24, 2.45) is 5.73 Å². The van der Waals surface area contributed by atoms with Crippen molar-refractivity contribution in [3.8, 4) is 0 Å². The van der Waals surface area contributed by atoms with Gasteiger partial charge >= 0.3 is 19.8 Å². The molecule has 0 saturated heterocycles. The maximum Gasteiger partial charge on any atom is 0.472 e. The van der Waals surface area contributed by atoms with Crippen molar-refractivity contribution in [1.82, 2.24) is 0 Å². The van der Waals surface area contributed by atoms with Gasteiger partial charge in [-0.1, -0.05) is 260 Å². The monoisotopic (exact) mass is 1040 g/mol. The lowest BCUT2D eigenvalue weighted by atomic mass is 10.0. The molecule has 0 aromatic heterocycles. The summed E-state index contributed by atoms with van der Waals surface area (Å²) in [5.41, 5.74) is 5.39. The molecule has 0 heterocycles. The van der Waals surface area contributed by atoms with E-state index in [1.54, 1.807) is 0 Å². The molecule has 9 nitrogen and oxygen atoms in total. The van der Waals surface area contributed by atoms with Crippen LogP contribution in [0.4, 0.5) is 0 Å². The van der Waals surface area contributed by atoms with Gasteiger partial charge < -0.3 is 20.1 Å². The molecule has 3 N–H and O–H groups in total. The quantitative estimate of drug-likeness (QED) is 0.0264. The molecule has 10 heteroatoms. The fourth-order valence-corrected chi connectivity index (χ4v) is 9.37. The van der Waals surface area contributed by atoms with Crippen molar-refractivity contribution in [3.63, 3.8) is 0 Å². The van der Waals surface area contributed by atoms with Gasteiger partial charge in [0, 0.05) is 19.4 Å². The summed E-state index contributed by atoms with van der Waals surface area (Å²) >= 11 is 0. The Morgan fingerprint density at radius 1 is 0.425 bits per heavy atom. The van der Waals surface area contributed by atoms with E-state index < -0.39 is 26.5 Å². The van der Waals surface area contributed by atoms with E-state index in [1.807, 2.05) is 0 Å². The Morgan fingerprint density at radius 2 is 0.753 bits per heavy atom. The normalized spacial score (nSPS) is 13.5. The Kier molecular flexibility index (Phi) is 56.7. The lowest BCUT2D eigenvalue weighted by Gasteiger charge is -2.19. The first-order valence-corrected chi connectivity index (χ1v) is 31.9. The predicted molar refractivity (Wildman–Crippen MR) is 312 cm³/mol. The number of ether oxygens (including phenoxy) is 2. The SMILES string of the molecule is CC/C=C\C/C=C\C/C=C\C/C=C\C/C=C\CCCCCCCCCCCCCC(=O)OC(COC(=O)CCCCCCCCCCCCCCC/C=C\CCCCCCCCCC)COP(=O)(O)OCCN. The maximum absolute atomic E-state index is 12.7. The Bertz CT molecular complexity index is 1420. The van der Waals surface area contributed by atoms with Gasteiger partial charge in [-0.15, -0.1) is 0 Å². The predicted octanol–water partition coefficient (Wildman–Crippen LogP) is 19.3. The second-order valence-electron chi connectivity index (χ2n) is 20.2. The van der Waals surface area contributed by atoms with Gasteiger partial charge in [0.25, 0.3) is 0 Å². The third-order valence-corrected chi connectivity index (χ3v) is 14.1. The fraction of sp³-hybridized carbons (Fsp3) is 0.778. The van der Waals surface area contributed by atoms with Crippen molar-refractivity contribution < 1.29 is 37.6 Å². The number of phosphoric acid groups is 1. The van der Waals surface area contributed by atoms with Crippen molar-refractivity contribution in [2.75, 3.05) is 26.4 Å². The number of allylic oxidation sites excluding steroid dienone is 12. The second-order valence-corrected chi connectivity index (χ2v) is 21.6. The van der Waals surface area contributed by atoms with Crippen LogP contribution in [-0.2, 0) is 32.7 Å². The molecule has 0 radical (unpaired) electrons. The number of hydrogen-bond acceptors (Lipinski definition) is 8. The van der Waals surface area contributed by atoms with Crippen molar-refractivity contribution in [2.45, 2.75) is 290 Å². The number of carbonyl (C=O) groups excluding carboxylic acids is 2. The summed E-state index contributed by atoms with van der Waals surface area (Å²) in [7, 11) is -4.39. The van der Waals surface area contributed by atoms with Gasteiger partial charge in [0.1, 0.15) is 6.61 Å². The molecule has 0 aliphatic carbocycles. The summed E-state index contributed by atoms with van der Waals surface area (Å²) < 4.78 is 33.1. The number of nitrogens with two attached hydrogens (primary N) is 1. The first-order valence-electron chi connectivity index (χ1n) is 30.4. The molecular weight excluding hydrogens is 930 g/mol. The first-order chi connectivity index (χ1) is 35.8. The molecule has 0 amide bonds. The van der Waals surface area contributed by atoms with Gasteiger partial charge in [-0.05, 0) is 83.5 Å². The number of unbranched alkanes of at least 4 members (excludes halogenated alkanes) is 32. The van der Waals surface area contributed by atoms with E-state index in [-0.39, 0.29) is 38.6 Å². The molecule has 0 aromatic rings. The van der Waals surface area contributed by atoms with E-state index in [9.17, 15) is 19.0 Å². The standard InChI is InChI=1S/C63H114NO8P/c1-3-5-7-9-11-13-15-17-19-21-23-25-27-29-30-32-34-36-38-40-42-44-46-48-50-52-54-56-63(66)72-61(60-71-73(67,68)70-58-57-64)59-69-62(65)55-53-51-49-47-45-43-41-39-37-35-33-31-28-26-24-22-20-18-16-14-12-10-8-6-4-2/h5,7,11,13,17,19,22-25,29-30,61H,3-4,6,8-10,12,14-16,18,20-21,26-28,31-60,64H2,1-2H3,(H,67,68)/b7-5-,13-11-,19-17-,24-22-,25-23-,30-29-. The molecule has 0 spiro atoms. The average Bonchev–Trinajstić information content (AvgIpc) is 3.38. The van der Waals surface area contributed by atoms with Crippen LogP contribution in [0.5, 0.6) is 0 Å². The van der Waals surface area contributed by atoms with Crippen LogP contribution in [0.25, 0.3) is 0 Å². The van der Waals surface area contributed by atoms with Crippen molar-refractivity contribution in [1.29, 1.82) is 0 Å². The van der Waals surface area contributed by atoms with Crippen LogP contribution in [0, 0.1) is 0 Å². The molecular formula is C63H114NO8P. The summed E-state index contributed by atoms with van der Waals surface area (Å²) in [6, 6.07) is 0. The molecule has 0 aliphatic heterocycles. The smallest absolute Gasteiger partial charge is 0.462 e. The van der Waals surface area contributed by atoms with Gasteiger partial charge in [-0.2, -0.15) is 0 Å². The van der Waals surface area contributed by atoms with E-state index in [1.165, 1.54) is 173 Å². The Balaban J connectivity index is 3.95. The van der Waals surface area contributed by atoms with Crippen LogP contribution in [0.15, 0.2) is 72.9 Å². The Hall–Kier alpha value is -2.55. The van der Waals surface area contributed by atoms with Crippen molar-refractivity contribution >= 4 is 19.8 Å². The van der Waals surface area contributed by atoms with Crippen LogP contribution in [0.3, 0.4) is 0 Å². The van der Waals surface area contributed by atoms with Crippen LogP contribution >= 0.6 is 7.82 Å². The summed E-state index contributed by atoms with van der Waals surface area (Å²) in [4.78, 5) is 35.2. The first kappa shape index (κ1) is 70.5. The van der Waals surface area contributed by atoms with E-state index in [4.69, 9.17) is 24.3 Å². The summed E-state index contributed by atoms with van der Waals surface area (Å²) in [6.45, 7) is 3.66. The second kappa shape index (κ2) is 58.7. The summed E-state index contributed by atoms with van der Waals surface area (Å²) in [5.74, 6) is -0.824. The molecule has 0 bridgehead atoms. The van der Waals surface area contributed by atoms with E-state index >= 15 is 0 Å². The highest BCUT2D eigenvalue weighted by molar-refractivity contribution is 7.47. The number of carbonyl (C=O) groups is 2. The molecule has 0 saturated carbocycles. The van der Waals surface area contributed by atoms with E-state index in [0.717, 1.165) is 77.0 Å². The summed E-state index contributed by atoms with van der Waals surface area (Å²) in [5, 5.41) is 0. The lowest BCUT2D eigenvalue weighted by molar-refractivity contribution is -0.161. The van der Waals surface area contributed by atoms with Crippen LogP contribution in [0.1, 0.15) is 284 Å². The highest BCUT2D eigenvalue weighted by atomic mass is 31.2. The zero-order valence-electron chi connectivity index (χ0n) is 47.4. The molecule has 2 unspecified atom stereocenters. The maximum atomic E-state index is 12.7. The van der Waals surface area contributed by atoms with E-state index in [2.05, 4.69) is 86.8 Å².